The normalized spacial score (nSPS) is 15.1. The van der Waals surface area contributed by atoms with Crippen LogP contribution in [0.5, 0.6) is 5.88 Å². The van der Waals surface area contributed by atoms with Gasteiger partial charge in [0.2, 0.25) is 5.88 Å². The summed E-state index contributed by atoms with van der Waals surface area (Å²) >= 11 is 6.21. The molecule has 0 spiro atoms. The molecule has 1 fully saturated rings. The lowest BCUT2D eigenvalue weighted by Crippen LogP contribution is -2.28. The molecule has 192 valence electrons. The minimum Gasteiger partial charge on any atom is -0.478 e. The quantitative estimate of drug-likeness (QED) is 0.275. The Morgan fingerprint density at radius 3 is 2.57 bits per heavy atom. The first-order valence-corrected chi connectivity index (χ1v) is 12.7. The molecule has 2 aromatic carbocycles. The lowest BCUT2D eigenvalue weighted by atomic mass is 9.83. The molecule has 2 heterocycles. The number of pyridine rings is 1. The van der Waals surface area contributed by atoms with Crippen LogP contribution in [0, 0.1) is 24.5 Å². The van der Waals surface area contributed by atoms with Gasteiger partial charge in [0.05, 0.1) is 22.6 Å². The predicted octanol–water partition coefficient (Wildman–Crippen LogP) is 7.24. The molecular formula is C28H26ClF2N3O3. The summed E-state index contributed by atoms with van der Waals surface area (Å²) in [5, 5.41) is 9.74. The molecule has 1 aliphatic rings. The van der Waals surface area contributed by atoms with Crippen LogP contribution in [0.1, 0.15) is 54.1 Å². The Morgan fingerprint density at radius 1 is 1.14 bits per heavy atom. The fourth-order valence-electron chi connectivity index (χ4n) is 5.20. The van der Waals surface area contributed by atoms with E-state index in [2.05, 4.69) is 4.98 Å². The number of imidazole rings is 1. The van der Waals surface area contributed by atoms with E-state index >= 15 is 0 Å². The first-order chi connectivity index (χ1) is 17.8. The third-order valence-electron chi connectivity index (χ3n) is 7.07. The third-order valence-corrected chi connectivity index (χ3v) is 7.31. The minimum atomic E-state index is -1.07. The van der Waals surface area contributed by atoms with Crippen LogP contribution in [0.15, 0.2) is 48.7 Å². The summed E-state index contributed by atoms with van der Waals surface area (Å²) in [5.41, 5.74) is 2.60. The molecule has 9 heteroatoms. The molecule has 1 unspecified atom stereocenters. The molecule has 37 heavy (non-hydrogen) atoms. The third kappa shape index (κ3) is 5.16. The van der Waals surface area contributed by atoms with Crippen molar-refractivity contribution < 1.29 is 23.4 Å². The zero-order valence-electron chi connectivity index (χ0n) is 20.3. The number of benzene rings is 2. The van der Waals surface area contributed by atoms with Gasteiger partial charge in [0.25, 0.3) is 0 Å². The van der Waals surface area contributed by atoms with Crippen molar-refractivity contribution in [2.75, 3.05) is 6.61 Å². The van der Waals surface area contributed by atoms with Gasteiger partial charge >= 0.3 is 5.97 Å². The molecule has 1 saturated carbocycles. The number of aryl methyl sites for hydroxylation is 1. The lowest BCUT2D eigenvalue weighted by molar-refractivity contribution is 0.0696. The Kier molecular flexibility index (Phi) is 7.11. The first-order valence-electron chi connectivity index (χ1n) is 12.3. The van der Waals surface area contributed by atoms with Crippen LogP contribution in [-0.4, -0.2) is 32.2 Å². The van der Waals surface area contributed by atoms with Crippen molar-refractivity contribution in [2.24, 2.45) is 5.92 Å². The number of aromatic carboxylic acids is 1. The van der Waals surface area contributed by atoms with Crippen LogP contribution < -0.4 is 4.74 Å². The van der Waals surface area contributed by atoms with E-state index in [9.17, 15) is 13.6 Å². The molecule has 1 atom stereocenters. The van der Waals surface area contributed by atoms with Crippen molar-refractivity contribution >= 4 is 28.6 Å². The molecule has 5 rings (SSSR count). The fourth-order valence-corrected chi connectivity index (χ4v) is 5.42. The van der Waals surface area contributed by atoms with E-state index < -0.39 is 17.6 Å². The number of ether oxygens (including phenoxy) is 1. The van der Waals surface area contributed by atoms with Crippen molar-refractivity contribution in [3.05, 3.63) is 76.4 Å². The van der Waals surface area contributed by atoms with Gasteiger partial charge in [0, 0.05) is 35.0 Å². The van der Waals surface area contributed by atoms with Crippen LogP contribution in [0.2, 0.25) is 5.02 Å². The summed E-state index contributed by atoms with van der Waals surface area (Å²) in [6.07, 6.45) is 6.45. The smallest absolute Gasteiger partial charge is 0.337 e. The number of hydrogen-bond acceptors (Lipinski definition) is 4. The maximum Gasteiger partial charge on any atom is 0.337 e. The van der Waals surface area contributed by atoms with Gasteiger partial charge in [-0.05, 0) is 55.5 Å². The van der Waals surface area contributed by atoms with Crippen molar-refractivity contribution in [1.29, 1.82) is 0 Å². The highest BCUT2D eigenvalue weighted by Crippen LogP contribution is 2.39. The van der Waals surface area contributed by atoms with Gasteiger partial charge in [-0.15, -0.1) is 0 Å². The molecule has 0 bridgehead atoms. The van der Waals surface area contributed by atoms with Gasteiger partial charge in [-0.3, -0.25) is 0 Å². The van der Waals surface area contributed by atoms with Crippen LogP contribution in [-0.2, 0) is 0 Å². The average Bonchev–Trinajstić information content (AvgIpc) is 3.23. The summed E-state index contributed by atoms with van der Waals surface area (Å²) in [5.74, 6) is -1.88. The highest BCUT2D eigenvalue weighted by Gasteiger charge is 2.31. The maximum absolute atomic E-state index is 14.5. The first kappa shape index (κ1) is 25.1. The summed E-state index contributed by atoms with van der Waals surface area (Å²) < 4.78 is 36.8. The standard InChI is InChI=1S/C28H26ClF2N3O3/c1-16-11-19(29)8-9-20(16)27-33-23-12-21(30)22(31)13-24(23)34(27)25(17-5-3-2-4-6-17)15-37-26-10-7-18(14-32-26)28(35)36/h7-14,17,25H,2-6,15H2,1H3,(H,35,36). The number of hydrogen-bond donors (Lipinski definition) is 1. The monoisotopic (exact) mass is 525 g/mol. The number of carboxylic acids is 1. The second kappa shape index (κ2) is 10.5. The highest BCUT2D eigenvalue weighted by molar-refractivity contribution is 6.30. The van der Waals surface area contributed by atoms with Crippen molar-refractivity contribution in [2.45, 2.75) is 45.1 Å². The second-order valence-electron chi connectivity index (χ2n) is 9.49. The lowest BCUT2D eigenvalue weighted by Gasteiger charge is -2.32. The Hall–Kier alpha value is -3.52. The SMILES string of the molecule is Cc1cc(Cl)ccc1-c1nc2cc(F)c(F)cc2n1C(COc1ccc(C(=O)O)cn1)C1CCCCC1. The van der Waals surface area contributed by atoms with E-state index in [1.807, 2.05) is 23.6 Å². The van der Waals surface area contributed by atoms with Gasteiger partial charge < -0.3 is 14.4 Å². The van der Waals surface area contributed by atoms with Crippen LogP contribution in [0.3, 0.4) is 0 Å². The molecule has 0 amide bonds. The summed E-state index contributed by atoms with van der Waals surface area (Å²) in [6.45, 7) is 2.13. The summed E-state index contributed by atoms with van der Waals surface area (Å²) in [7, 11) is 0. The zero-order valence-corrected chi connectivity index (χ0v) is 21.0. The number of carbonyl (C=O) groups is 1. The van der Waals surface area contributed by atoms with E-state index in [0.29, 0.717) is 21.9 Å². The van der Waals surface area contributed by atoms with Gasteiger partial charge in [-0.25, -0.2) is 23.5 Å². The maximum atomic E-state index is 14.5. The highest BCUT2D eigenvalue weighted by atomic mass is 35.5. The molecule has 1 N–H and O–H groups in total. The topological polar surface area (TPSA) is 77.2 Å². The number of halogens is 3. The Morgan fingerprint density at radius 2 is 1.89 bits per heavy atom. The molecule has 2 aromatic heterocycles. The number of aromatic nitrogens is 3. The van der Waals surface area contributed by atoms with Gasteiger partial charge in [0.1, 0.15) is 12.4 Å². The minimum absolute atomic E-state index is 0.0646. The van der Waals surface area contributed by atoms with Crippen LogP contribution in [0.4, 0.5) is 8.78 Å². The predicted molar refractivity (Wildman–Crippen MR) is 137 cm³/mol. The van der Waals surface area contributed by atoms with Gasteiger partial charge in [0.15, 0.2) is 11.6 Å². The van der Waals surface area contributed by atoms with Crippen LogP contribution >= 0.6 is 11.6 Å². The zero-order chi connectivity index (χ0) is 26.1. The summed E-state index contributed by atoms with van der Waals surface area (Å²) in [4.78, 5) is 20.1. The largest absolute Gasteiger partial charge is 0.478 e. The van der Waals surface area contributed by atoms with E-state index in [1.54, 1.807) is 6.07 Å². The second-order valence-corrected chi connectivity index (χ2v) is 9.92. The van der Waals surface area contributed by atoms with Gasteiger partial charge in [-0.2, -0.15) is 0 Å². The van der Waals surface area contributed by atoms with E-state index in [4.69, 9.17) is 26.4 Å². The average molecular weight is 526 g/mol. The molecule has 0 aliphatic heterocycles. The molecule has 0 radical (unpaired) electrons. The fraction of sp³-hybridized carbons (Fsp3) is 0.321. The number of nitrogens with zero attached hydrogens (tertiary/aromatic N) is 3. The molecule has 0 saturated heterocycles. The van der Waals surface area contributed by atoms with E-state index in [-0.39, 0.29) is 30.0 Å². The number of carboxylic acid groups (broad SMARTS) is 1. The van der Waals surface area contributed by atoms with Crippen molar-refractivity contribution in [3.8, 4) is 17.3 Å². The Labute approximate surface area is 217 Å². The van der Waals surface area contributed by atoms with Gasteiger partial charge in [-0.1, -0.05) is 30.9 Å². The van der Waals surface area contributed by atoms with Crippen molar-refractivity contribution in [1.82, 2.24) is 14.5 Å². The summed E-state index contributed by atoms with van der Waals surface area (Å²) in [6, 6.07) is 10.5. The number of fused-ring (bicyclic) bond motifs is 1. The van der Waals surface area contributed by atoms with E-state index in [0.717, 1.165) is 49.3 Å². The van der Waals surface area contributed by atoms with E-state index in [1.165, 1.54) is 24.4 Å². The molecular weight excluding hydrogens is 500 g/mol. The Bertz CT molecular complexity index is 1450. The number of rotatable bonds is 7. The van der Waals surface area contributed by atoms with Crippen molar-refractivity contribution in [3.63, 3.8) is 0 Å². The molecule has 6 nitrogen and oxygen atoms in total. The molecule has 1 aliphatic carbocycles. The van der Waals surface area contributed by atoms with Crippen LogP contribution in [0.25, 0.3) is 22.4 Å². The Balaban J connectivity index is 1.63. The molecule has 4 aromatic rings.